The number of rotatable bonds is 7. The van der Waals surface area contributed by atoms with E-state index in [-0.39, 0.29) is 5.69 Å². The topological polar surface area (TPSA) is 109 Å². The molecular formula is C20H24FN5O4. The predicted molar refractivity (Wildman–Crippen MR) is 113 cm³/mol. The molecule has 30 heavy (non-hydrogen) atoms. The highest BCUT2D eigenvalue weighted by Crippen LogP contribution is 2.23. The molecule has 0 saturated carbocycles. The van der Waals surface area contributed by atoms with Gasteiger partial charge in [-0.3, -0.25) is 20.3 Å². The van der Waals surface area contributed by atoms with E-state index in [0.717, 1.165) is 30.9 Å². The number of nitro benzene ring substituents is 1. The van der Waals surface area contributed by atoms with E-state index in [2.05, 4.69) is 20.4 Å². The average Bonchev–Trinajstić information content (AvgIpc) is 2.86. The molecule has 0 aliphatic heterocycles. The summed E-state index contributed by atoms with van der Waals surface area (Å²) >= 11 is 0. The maximum absolute atomic E-state index is 13.9. The van der Waals surface area contributed by atoms with Crippen LogP contribution in [0.2, 0.25) is 0 Å². The molecule has 0 saturated heterocycles. The van der Waals surface area contributed by atoms with Crippen molar-refractivity contribution in [2.75, 3.05) is 25.6 Å². The lowest BCUT2D eigenvalue weighted by atomic mass is 10.1. The van der Waals surface area contributed by atoms with Gasteiger partial charge in [-0.1, -0.05) is 0 Å². The minimum Gasteiger partial charge on any atom is -0.495 e. The smallest absolute Gasteiger partial charge is 0.304 e. The van der Waals surface area contributed by atoms with Gasteiger partial charge in [-0.15, -0.1) is 0 Å². The van der Waals surface area contributed by atoms with Gasteiger partial charge in [0.2, 0.25) is 11.7 Å². The molecule has 1 aliphatic carbocycles. The number of allylic oxidation sites excluding steroid dienone is 2. The molecule has 0 radical (unpaired) electrons. The number of nitro groups is 1. The van der Waals surface area contributed by atoms with Gasteiger partial charge in [0.1, 0.15) is 5.76 Å². The third kappa shape index (κ3) is 5.49. The van der Waals surface area contributed by atoms with Gasteiger partial charge in [0.25, 0.3) is 0 Å². The van der Waals surface area contributed by atoms with E-state index in [1.54, 1.807) is 13.2 Å². The summed E-state index contributed by atoms with van der Waals surface area (Å²) in [5.74, 6) is -0.745. The van der Waals surface area contributed by atoms with Gasteiger partial charge in [-0.2, -0.15) is 9.49 Å². The fourth-order valence-electron chi connectivity index (χ4n) is 2.91. The Balaban J connectivity index is 2.45. The van der Waals surface area contributed by atoms with Crippen LogP contribution < -0.4 is 5.43 Å². The largest absolute Gasteiger partial charge is 0.495 e. The molecule has 1 aromatic rings. The Morgan fingerprint density at radius 1 is 1.37 bits per heavy atom. The van der Waals surface area contributed by atoms with Gasteiger partial charge >= 0.3 is 5.69 Å². The van der Waals surface area contributed by atoms with Gasteiger partial charge < -0.3 is 9.64 Å². The Kier molecular flexibility index (Phi) is 7.79. The third-order valence-corrected chi connectivity index (χ3v) is 4.37. The zero-order chi connectivity index (χ0) is 22.3. The number of halogens is 1. The molecule has 160 valence electrons. The number of aliphatic imine (C=N–C) groups is 1. The number of likely N-dealkylation sites (N-methyl/N-ethyl adjacent to an activating group) is 1. The fraction of sp³-hybridized carbons (Fsp3) is 0.350. The van der Waals surface area contributed by atoms with E-state index in [1.165, 1.54) is 13.0 Å². The second kappa shape index (κ2) is 10.3. The van der Waals surface area contributed by atoms with Crippen LogP contribution in [-0.2, 0) is 9.53 Å². The van der Waals surface area contributed by atoms with Crippen LogP contribution in [0.15, 0.2) is 51.9 Å². The Bertz CT molecular complexity index is 949. The van der Waals surface area contributed by atoms with Crippen LogP contribution in [0.3, 0.4) is 0 Å². The van der Waals surface area contributed by atoms with E-state index < -0.39 is 22.3 Å². The SMILES string of the molecule is CCN(CC)C1=CC(=NC(C)=O)C(=NNc2ccc([N+](=O)[O-])c(F)c2)CC=C1OC. The van der Waals surface area contributed by atoms with E-state index in [1.807, 2.05) is 19.9 Å². The Labute approximate surface area is 173 Å². The second-order valence-electron chi connectivity index (χ2n) is 6.29. The molecule has 1 aliphatic rings. The first kappa shape index (κ1) is 22.7. The first-order valence-corrected chi connectivity index (χ1v) is 9.37. The van der Waals surface area contributed by atoms with Crippen LogP contribution in [0.1, 0.15) is 27.2 Å². The van der Waals surface area contributed by atoms with Crippen molar-refractivity contribution in [3.8, 4) is 0 Å². The number of amides is 1. The van der Waals surface area contributed by atoms with Gasteiger partial charge in [0.05, 0.1) is 34.8 Å². The molecule has 0 heterocycles. The van der Waals surface area contributed by atoms with Crippen LogP contribution in [-0.4, -0.2) is 47.4 Å². The van der Waals surface area contributed by atoms with Gasteiger partial charge in [-0.25, -0.2) is 4.99 Å². The maximum Gasteiger partial charge on any atom is 0.304 e. The number of methoxy groups -OCH3 is 1. The van der Waals surface area contributed by atoms with Crippen LogP contribution >= 0.6 is 0 Å². The summed E-state index contributed by atoms with van der Waals surface area (Å²) in [4.78, 5) is 27.8. The first-order valence-electron chi connectivity index (χ1n) is 9.37. The van der Waals surface area contributed by atoms with Crippen molar-refractivity contribution in [2.45, 2.75) is 27.2 Å². The molecule has 10 heteroatoms. The Morgan fingerprint density at radius 3 is 2.60 bits per heavy atom. The summed E-state index contributed by atoms with van der Waals surface area (Å²) in [6.45, 7) is 6.80. The van der Waals surface area contributed by atoms with Crippen LogP contribution in [0.5, 0.6) is 0 Å². The summed E-state index contributed by atoms with van der Waals surface area (Å²) in [7, 11) is 1.56. The lowest BCUT2D eigenvalue weighted by molar-refractivity contribution is -0.387. The number of hydrogen-bond acceptors (Lipinski definition) is 7. The quantitative estimate of drug-likeness (QED) is 0.536. The van der Waals surface area contributed by atoms with E-state index in [9.17, 15) is 19.3 Å². The molecular weight excluding hydrogens is 393 g/mol. The third-order valence-electron chi connectivity index (χ3n) is 4.37. The number of carbonyl (C=O) groups excluding carboxylic acids is 1. The lowest BCUT2D eigenvalue weighted by Gasteiger charge is -2.25. The molecule has 0 atom stereocenters. The first-order chi connectivity index (χ1) is 14.3. The molecule has 1 N–H and O–H groups in total. The summed E-state index contributed by atoms with van der Waals surface area (Å²) in [6.07, 6.45) is 3.86. The number of ether oxygens (including phenoxy) is 1. The van der Waals surface area contributed by atoms with Crippen molar-refractivity contribution >= 4 is 28.7 Å². The van der Waals surface area contributed by atoms with Crippen molar-refractivity contribution < 1.29 is 18.8 Å². The number of nitrogens with zero attached hydrogens (tertiary/aromatic N) is 4. The zero-order valence-corrected chi connectivity index (χ0v) is 17.3. The molecule has 0 unspecified atom stereocenters. The maximum atomic E-state index is 13.9. The number of anilines is 1. The van der Waals surface area contributed by atoms with Gasteiger partial charge in [0, 0.05) is 38.6 Å². The Hall–Kier alpha value is -3.56. The van der Waals surface area contributed by atoms with Crippen molar-refractivity contribution in [1.29, 1.82) is 0 Å². The number of carbonyl (C=O) groups is 1. The molecule has 0 aromatic heterocycles. The van der Waals surface area contributed by atoms with E-state index in [4.69, 9.17) is 4.74 Å². The number of nitrogens with one attached hydrogen (secondary N) is 1. The van der Waals surface area contributed by atoms with E-state index >= 15 is 0 Å². The van der Waals surface area contributed by atoms with Crippen LogP contribution in [0.4, 0.5) is 15.8 Å². The van der Waals surface area contributed by atoms with Crippen LogP contribution in [0, 0.1) is 15.9 Å². The highest BCUT2D eigenvalue weighted by molar-refractivity contribution is 6.48. The van der Waals surface area contributed by atoms with Gasteiger partial charge in [0.15, 0.2) is 0 Å². The highest BCUT2D eigenvalue weighted by atomic mass is 19.1. The highest BCUT2D eigenvalue weighted by Gasteiger charge is 2.20. The molecule has 1 amide bonds. The van der Waals surface area contributed by atoms with Crippen molar-refractivity contribution in [3.05, 3.63) is 57.7 Å². The lowest BCUT2D eigenvalue weighted by Crippen LogP contribution is -2.25. The summed E-state index contributed by atoms with van der Waals surface area (Å²) in [5, 5.41) is 15.0. The zero-order valence-electron chi connectivity index (χ0n) is 17.3. The van der Waals surface area contributed by atoms with Crippen molar-refractivity contribution in [3.63, 3.8) is 0 Å². The average molecular weight is 417 g/mol. The summed E-state index contributed by atoms with van der Waals surface area (Å²) in [5.41, 5.74) is 3.83. The Morgan fingerprint density at radius 2 is 2.07 bits per heavy atom. The monoisotopic (exact) mass is 417 g/mol. The van der Waals surface area contributed by atoms with Crippen molar-refractivity contribution in [2.24, 2.45) is 10.1 Å². The number of hydrazone groups is 1. The minimum atomic E-state index is -0.978. The molecule has 0 fully saturated rings. The predicted octanol–water partition coefficient (Wildman–Crippen LogP) is 3.65. The van der Waals surface area contributed by atoms with Crippen LogP contribution in [0.25, 0.3) is 0 Å². The van der Waals surface area contributed by atoms with Crippen molar-refractivity contribution in [1.82, 2.24) is 4.90 Å². The molecule has 0 spiro atoms. The second-order valence-corrected chi connectivity index (χ2v) is 6.29. The molecule has 1 aromatic carbocycles. The molecule has 9 nitrogen and oxygen atoms in total. The molecule has 2 rings (SSSR count). The standard InChI is InChI=1S/C20H24FN5O4/c1-5-25(6-2)19-12-17(22-13(3)27)16(8-10-20(19)30-4)24-23-14-7-9-18(26(28)29)15(21)11-14/h7,9-12,23H,5-6,8H2,1-4H3. The van der Waals surface area contributed by atoms with Gasteiger partial charge in [-0.05, 0) is 32.1 Å². The molecule has 0 bridgehead atoms. The summed E-state index contributed by atoms with van der Waals surface area (Å²) < 4.78 is 19.4. The minimum absolute atomic E-state index is 0.223. The normalized spacial score (nSPS) is 16.6. The summed E-state index contributed by atoms with van der Waals surface area (Å²) in [6, 6.07) is 3.38. The van der Waals surface area contributed by atoms with E-state index in [0.29, 0.717) is 23.6 Å². The number of benzene rings is 1. The number of hydrogen-bond donors (Lipinski definition) is 1. The fourth-order valence-corrected chi connectivity index (χ4v) is 2.91.